The van der Waals surface area contributed by atoms with E-state index in [1.54, 1.807) is 0 Å². The second-order valence-corrected chi connectivity index (χ2v) is 19.1. The highest BCUT2D eigenvalue weighted by molar-refractivity contribution is 7.26. The van der Waals surface area contributed by atoms with Gasteiger partial charge in [0.1, 0.15) is 0 Å². The number of fused-ring (bicyclic) bond motifs is 9. The molecule has 0 spiro atoms. The first kappa shape index (κ1) is 36.8. The first-order valence-electron chi connectivity index (χ1n) is 21.8. The fraction of sp³-hybridized carbons (Fsp3) is 0.100. The van der Waals surface area contributed by atoms with Crippen molar-refractivity contribution in [3.63, 3.8) is 0 Å². The highest BCUT2D eigenvalue weighted by Gasteiger charge is 2.44. The average Bonchev–Trinajstić information content (AvgIpc) is 3.89. The van der Waals surface area contributed by atoms with Crippen LogP contribution in [0.15, 0.2) is 200 Å². The van der Waals surface area contributed by atoms with E-state index in [0.29, 0.717) is 0 Å². The number of thiophene rings is 1. The fourth-order valence-electron chi connectivity index (χ4n) is 10.7. The first-order valence-corrected chi connectivity index (χ1v) is 22.6. The van der Waals surface area contributed by atoms with Crippen LogP contribution in [0.4, 0.5) is 17.1 Å². The summed E-state index contributed by atoms with van der Waals surface area (Å²) in [6.45, 7) is 9.65. The Bertz CT molecular complexity index is 3370. The van der Waals surface area contributed by atoms with Gasteiger partial charge in [-0.25, -0.2) is 0 Å². The summed E-state index contributed by atoms with van der Waals surface area (Å²) < 4.78 is 2.66. The van der Waals surface area contributed by atoms with Crippen LogP contribution < -0.4 is 4.90 Å². The molecule has 0 amide bonds. The molecule has 10 aromatic rings. The lowest BCUT2D eigenvalue weighted by molar-refractivity contribution is 0.639. The Labute approximate surface area is 368 Å². The molecule has 1 aromatic heterocycles. The maximum Gasteiger partial charge on any atom is 0.0468 e. The summed E-state index contributed by atoms with van der Waals surface area (Å²) in [5.41, 5.74) is 21.6. The minimum atomic E-state index is -0.190. The van der Waals surface area contributed by atoms with Crippen LogP contribution >= 0.6 is 11.3 Å². The van der Waals surface area contributed by atoms with Crippen molar-refractivity contribution in [3.05, 3.63) is 222 Å². The number of benzene rings is 9. The van der Waals surface area contributed by atoms with Gasteiger partial charge in [0.05, 0.1) is 0 Å². The number of rotatable bonds is 6. The molecular formula is C60H45NS. The van der Waals surface area contributed by atoms with Gasteiger partial charge in [0.15, 0.2) is 0 Å². The zero-order valence-electron chi connectivity index (χ0n) is 35.4. The molecule has 0 bridgehead atoms. The van der Waals surface area contributed by atoms with Crippen LogP contribution in [0.3, 0.4) is 0 Å². The van der Waals surface area contributed by atoms with Crippen LogP contribution in [0.1, 0.15) is 49.9 Å². The van der Waals surface area contributed by atoms with Crippen LogP contribution in [-0.4, -0.2) is 0 Å². The molecule has 296 valence electrons. The SMILES string of the molecule is CC1(C)c2ccccc2-c2c1cc1c(c2-c2ccccc2)-c2cc(N(c3ccc(-c4ccccc4)cc3)c3ccc(-c4cccc5c4sc4ccccc45)cc3)ccc2C1(C)C. The van der Waals surface area contributed by atoms with Gasteiger partial charge in [0.2, 0.25) is 0 Å². The zero-order valence-corrected chi connectivity index (χ0v) is 36.2. The van der Waals surface area contributed by atoms with Crippen molar-refractivity contribution in [2.75, 3.05) is 4.90 Å². The van der Waals surface area contributed by atoms with Gasteiger partial charge in [-0.05, 0) is 120 Å². The van der Waals surface area contributed by atoms with E-state index in [9.17, 15) is 0 Å². The number of hydrogen-bond acceptors (Lipinski definition) is 2. The van der Waals surface area contributed by atoms with Crippen LogP contribution in [0.25, 0.3) is 75.8 Å². The Balaban J connectivity index is 1.05. The van der Waals surface area contributed by atoms with Crippen LogP contribution in [-0.2, 0) is 10.8 Å². The van der Waals surface area contributed by atoms with E-state index in [-0.39, 0.29) is 10.8 Å². The standard InChI is InChI=1S/C60H45NS/c1-59(2)50-24-13-11-21-48(50)56-52(59)37-53-57(55(56)41-18-9-6-10-19-41)49-36-44(34-35-51(49)60(53,3)4)61(42-30-26-39(27-31-42)38-16-7-5-8-17-38)43-32-28-40(29-33-43)45-22-15-23-47-46-20-12-14-25-54(46)62-58(45)47/h5-37H,1-4H3. The van der Waals surface area contributed by atoms with Gasteiger partial charge in [-0.2, -0.15) is 0 Å². The van der Waals surface area contributed by atoms with E-state index in [1.165, 1.54) is 98.1 Å². The molecule has 1 heterocycles. The third-order valence-corrected chi connectivity index (χ3v) is 15.1. The van der Waals surface area contributed by atoms with Gasteiger partial charge in [0.25, 0.3) is 0 Å². The maximum atomic E-state index is 2.56. The molecule has 2 aliphatic carbocycles. The highest BCUT2D eigenvalue weighted by Crippen LogP contribution is 2.61. The number of anilines is 3. The molecule has 0 unspecified atom stereocenters. The van der Waals surface area contributed by atoms with E-state index in [4.69, 9.17) is 0 Å². The Kier molecular flexibility index (Phi) is 8.17. The van der Waals surface area contributed by atoms with Crippen molar-refractivity contribution in [2.24, 2.45) is 0 Å². The van der Waals surface area contributed by atoms with Crippen LogP contribution in [0, 0.1) is 0 Å². The monoisotopic (exact) mass is 811 g/mol. The van der Waals surface area contributed by atoms with Gasteiger partial charge in [-0.15, -0.1) is 11.3 Å². The summed E-state index contributed by atoms with van der Waals surface area (Å²) in [6, 6.07) is 74.5. The molecule has 0 saturated heterocycles. The smallest absolute Gasteiger partial charge is 0.0468 e. The van der Waals surface area contributed by atoms with Crippen molar-refractivity contribution in [2.45, 2.75) is 38.5 Å². The Morgan fingerprint density at radius 2 is 0.855 bits per heavy atom. The normalized spacial score (nSPS) is 14.1. The summed E-state index contributed by atoms with van der Waals surface area (Å²) in [5, 5.41) is 2.65. The summed E-state index contributed by atoms with van der Waals surface area (Å²) in [4.78, 5) is 2.44. The van der Waals surface area contributed by atoms with Crippen LogP contribution in [0.5, 0.6) is 0 Å². The van der Waals surface area contributed by atoms with E-state index in [0.717, 1.165) is 17.1 Å². The molecule has 9 aromatic carbocycles. The second kappa shape index (κ2) is 13.8. The summed E-state index contributed by atoms with van der Waals surface area (Å²) in [6.07, 6.45) is 0. The van der Waals surface area contributed by atoms with Crippen molar-refractivity contribution < 1.29 is 0 Å². The van der Waals surface area contributed by atoms with E-state index < -0.39 is 0 Å². The molecule has 1 nitrogen and oxygen atoms in total. The predicted octanol–water partition coefficient (Wildman–Crippen LogP) is 17.1. The Hall–Kier alpha value is -7.00. The van der Waals surface area contributed by atoms with E-state index in [1.807, 2.05) is 11.3 Å². The van der Waals surface area contributed by atoms with E-state index in [2.05, 4.69) is 233 Å². The van der Waals surface area contributed by atoms with Crippen LogP contribution in [0.2, 0.25) is 0 Å². The topological polar surface area (TPSA) is 3.24 Å². The lowest BCUT2D eigenvalue weighted by atomic mass is 9.76. The minimum absolute atomic E-state index is 0.113. The molecular weight excluding hydrogens is 767 g/mol. The largest absolute Gasteiger partial charge is 0.310 e. The lowest BCUT2D eigenvalue weighted by Gasteiger charge is -2.28. The Morgan fingerprint density at radius 3 is 1.56 bits per heavy atom. The lowest BCUT2D eigenvalue weighted by Crippen LogP contribution is -2.19. The highest BCUT2D eigenvalue weighted by atomic mass is 32.1. The number of nitrogens with zero attached hydrogens (tertiary/aromatic N) is 1. The molecule has 0 fully saturated rings. The molecule has 0 atom stereocenters. The van der Waals surface area contributed by atoms with Gasteiger partial charge >= 0.3 is 0 Å². The number of hydrogen-bond donors (Lipinski definition) is 0. The third-order valence-electron chi connectivity index (χ3n) is 13.9. The minimum Gasteiger partial charge on any atom is -0.310 e. The average molecular weight is 812 g/mol. The molecule has 0 N–H and O–H groups in total. The molecule has 2 heteroatoms. The predicted molar refractivity (Wildman–Crippen MR) is 265 cm³/mol. The molecule has 0 saturated carbocycles. The molecule has 0 radical (unpaired) electrons. The van der Waals surface area contributed by atoms with Crippen molar-refractivity contribution in [1.82, 2.24) is 0 Å². The zero-order chi connectivity index (χ0) is 41.7. The first-order chi connectivity index (χ1) is 30.3. The van der Waals surface area contributed by atoms with Gasteiger partial charge in [0, 0.05) is 48.1 Å². The molecule has 62 heavy (non-hydrogen) atoms. The summed E-state index contributed by atoms with van der Waals surface area (Å²) in [7, 11) is 0. The summed E-state index contributed by atoms with van der Waals surface area (Å²) >= 11 is 1.88. The van der Waals surface area contributed by atoms with Crippen molar-refractivity contribution >= 4 is 48.6 Å². The van der Waals surface area contributed by atoms with Gasteiger partial charge in [-0.1, -0.05) is 185 Å². The van der Waals surface area contributed by atoms with Crippen molar-refractivity contribution in [3.8, 4) is 55.6 Å². The molecule has 0 aliphatic heterocycles. The maximum absolute atomic E-state index is 2.56. The molecule has 2 aliphatic rings. The van der Waals surface area contributed by atoms with E-state index >= 15 is 0 Å². The third kappa shape index (κ3) is 5.46. The van der Waals surface area contributed by atoms with Crippen molar-refractivity contribution in [1.29, 1.82) is 0 Å². The quantitative estimate of drug-likeness (QED) is 0.162. The Morgan fingerprint density at radius 1 is 0.339 bits per heavy atom. The fourth-order valence-corrected chi connectivity index (χ4v) is 12.0. The molecule has 12 rings (SSSR count). The second-order valence-electron chi connectivity index (χ2n) is 18.1. The van der Waals surface area contributed by atoms with Gasteiger partial charge in [-0.3, -0.25) is 0 Å². The van der Waals surface area contributed by atoms with Gasteiger partial charge < -0.3 is 4.90 Å². The summed E-state index contributed by atoms with van der Waals surface area (Å²) in [5.74, 6) is 0.